The summed E-state index contributed by atoms with van der Waals surface area (Å²) in [5, 5.41) is 16.3. The summed E-state index contributed by atoms with van der Waals surface area (Å²) in [7, 11) is 2.96. The Hall–Kier alpha value is -9.19. The van der Waals surface area contributed by atoms with Gasteiger partial charge in [0.2, 0.25) is 17.7 Å². The standard InChI is InChI=1S/C65H57Cl2F6N9O7S/c1-87-51-19-14-42(15-20-51)58-59(43-16-21-52(88-2)22-17-43)81(61(76-58)45-31-46(64(68,69)70)33-47(32-45)65(71,72)73)36-41-10-12-44(13-11-41)62(85)75-48-25-28-79(29-26-48)57(84)38-80-37-49(77-78-80)39-89-54-23-18-50(34-53(54)67)82(56(83)35-66)60(55-9-6-30-90-55)63(86)74-27-24-40-7-4-3-5-8-40/h3-23,30-34,37,48,60H,24-29,35-36,38-39H2,1-2H3,(H,74,86)(H,75,85). The number of hydrogen-bond acceptors (Lipinski definition) is 11. The van der Waals surface area contributed by atoms with E-state index >= 15 is 0 Å². The van der Waals surface area contributed by atoms with Gasteiger partial charge in [0.05, 0.1) is 48.0 Å². The molecule has 16 nitrogen and oxygen atoms in total. The third-order valence-electron chi connectivity index (χ3n) is 15.0. The van der Waals surface area contributed by atoms with Gasteiger partial charge < -0.3 is 34.3 Å². The van der Waals surface area contributed by atoms with Crippen molar-refractivity contribution in [1.29, 1.82) is 0 Å². The highest BCUT2D eigenvalue weighted by Gasteiger charge is 2.39. The van der Waals surface area contributed by atoms with Gasteiger partial charge in [0.25, 0.3) is 5.91 Å². The summed E-state index contributed by atoms with van der Waals surface area (Å²) in [6, 6.07) is 37.9. The molecule has 0 spiro atoms. The maximum atomic E-state index is 14.3. The average molecular weight is 1290 g/mol. The van der Waals surface area contributed by atoms with E-state index in [2.05, 4.69) is 20.9 Å². The predicted molar refractivity (Wildman–Crippen MR) is 328 cm³/mol. The first kappa shape index (κ1) is 63.8. The van der Waals surface area contributed by atoms with Gasteiger partial charge in [0.1, 0.15) is 53.8 Å². The number of amides is 4. The summed E-state index contributed by atoms with van der Waals surface area (Å²) in [6.07, 6.45) is -7.21. The first-order valence-corrected chi connectivity index (χ1v) is 30.0. The number of halogens is 8. The smallest absolute Gasteiger partial charge is 0.416 e. The van der Waals surface area contributed by atoms with Crippen molar-refractivity contribution in [3.63, 3.8) is 0 Å². The van der Waals surface area contributed by atoms with E-state index in [0.29, 0.717) is 101 Å². The Morgan fingerprint density at radius 2 is 1.41 bits per heavy atom. The van der Waals surface area contributed by atoms with Crippen LogP contribution in [0.15, 0.2) is 163 Å². The number of thiophene rings is 1. The molecular weight excluding hydrogens is 1240 g/mol. The molecule has 4 heterocycles. The summed E-state index contributed by atoms with van der Waals surface area (Å²) in [5.74, 6) is -0.850. The molecule has 10 rings (SSSR count). The largest absolute Gasteiger partial charge is 0.497 e. The third-order valence-corrected chi connectivity index (χ3v) is 16.4. The second-order valence-electron chi connectivity index (χ2n) is 20.9. The fourth-order valence-electron chi connectivity index (χ4n) is 10.4. The van der Waals surface area contributed by atoms with Crippen LogP contribution in [-0.4, -0.2) is 98.8 Å². The minimum atomic E-state index is -5.13. The number of imidazole rings is 1. The zero-order valence-corrected chi connectivity index (χ0v) is 50.6. The number of nitrogens with one attached hydrogen (secondary N) is 2. The van der Waals surface area contributed by atoms with Crippen LogP contribution >= 0.6 is 34.5 Å². The molecule has 0 radical (unpaired) electrons. The lowest BCUT2D eigenvalue weighted by Gasteiger charge is -2.32. The van der Waals surface area contributed by atoms with E-state index in [1.54, 1.807) is 113 Å². The molecule has 0 bridgehead atoms. The summed E-state index contributed by atoms with van der Waals surface area (Å²) in [4.78, 5) is 63.0. The van der Waals surface area contributed by atoms with E-state index in [9.17, 15) is 45.5 Å². The number of rotatable bonds is 22. The van der Waals surface area contributed by atoms with Gasteiger partial charge in [-0.15, -0.1) is 28.0 Å². The number of ether oxygens (including phenoxy) is 3. The van der Waals surface area contributed by atoms with Gasteiger partial charge in [0, 0.05) is 65.0 Å². The number of alkyl halides is 7. The van der Waals surface area contributed by atoms with Crippen molar-refractivity contribution in [2.45, 2.75) is 63.4 Å². The second-order valence-corrected chi connectivity index (χ2v) is 22.6. The number of carbonyl (C=O) groups is 4. The van der Waals surface area contributed by atoms with Gasteiger partial charge in [-0.3, -0.25) is 24.1 Å². The SMILES string of the molecule is COc1ccc(-c2nc(-c3cc(C(F)(F)F)cc(C(F)(F)F)c3)n(Cc3ccc(C(=O)NC4CCN(C(=O)Cn5cc(COc6ccc(N(C(=O)CCl)C(C(=O)NCCc7ccccc7)c7cccs7)cc6Cl)nn5)CC4)cc3)c2-c2ccc(OC)cc2)cc1. The lowest BCUT2D eigenvalue weighted by atomic mass is 10.0. The van der Waals surface area contributed by atoms with Crippen LogP contribution in [0.25, 0.3) is 33.9 Å². The van der Waals surface area contributed by atoms with Gasteiger partial charge >= 0.3 is 12.4 Å². The highest BCUT2D eigenvalue weighted by Crippen LogP contribution is 2.43. The van der Waals surface area contributed by atoms with Crippen molar-refractivity contribution in [2.24, 2.45) is 0 Å². The molecule has 1 saturated heterocycles. The Kier molecular flexibility index (Phi) is 19.9. The molecule has 466 valence electrons. The number of hydrogen-bond donors (Lipinski definition) is 2. The maximum absolute atomic E-state index is 14.3. The molecular formula is C65H57Cl2F6N9O7S. The van der Waals surface area contributed by atoms with Crippen molar-refractivity contribution in [2.75, 3.05) is 44.6 Å². The van der Waals surface area contributed by atoms with Gasteiger partial charge in [-0.1, -0.05) is 65.3 Å². The van der Waals surface area contributed by atoms with Crippen LogP contribution in [0.2, 0.25) is 5.02 Å². The average Bonchev–Trinajstić information content (AvgIpc) is 1.64. The molecule has 1 aliphatic rings. The Balaban J connectivity index is 0.768. The molecule has 1 unspecified atom stereocenters. The summed E-state index contributed by atoms with van der Waals surface area (Å²) in [6.45, 7) is 0.708. The van der Waals surface area contributed by atoms with Crippen molar-refractivity contribution in [1.82, 2.24) is 40.1 Å². The topological polar surface area (TPSA) is 175 Å². The highest BCUT2D eigenvalue weighted by atomic mass is 35.5. The first-order chi connectivity index (χ1) is 43.3. The monoisotopic (exact) mass is 1290 g/mol. The fourth-order valence-corrected chi connectivity index (χ4v) is 11.6. The molecule has 25 heteroatoms. The molecule has 1 atom stereocenters. The van der Waals surface area contributed by atoms with Crippen molar-refractivity contribution in [3.05, 3.63) is 207 Å². The van der Waals surface area contributed by atoms with Crippen LogP contribution < -0.4 is 29.7 Å². The van der Waals surface area contributed by atoms with E-state index in [0.717, 1.165) is 5.56 Å². The molecule has 1 fully saturated rings. The Bertz CT molecular complexity index is 3940. The fraction of sp³-hybridized carbons (Fsp3) is 0.246. The summed E-state index contributed by atoms with van der Waals surface area (Å²) < 4.78 is 106. The van der Waals surface area contributed by atoms with E-state index in [-0.39, 0.29) is 65.6 Å². The van der Waals surface area contributed by atoms with Gasteiger partial charge in [0.15, 0.2) is 0 Å². The quantitative estimate of drug-likeness (QED) is 0.0491. The minimum absolute atomic E-state index is 0.0709. The summed E-state index contributed by atoms with van der Waals surface area (Å²) in [5.41, 5.74) is 0.824. The van der Waals surface area contributed by atoms with Crippen molar-refractivity contribution >= 4 is 63.9 Å². The number of likely N-dealkylation sites (tertiary alicyclic amines) is 1. The lowest BCUT2D eigenvalue weighted by Crippen LogP contribution is -2.47. The highest BCUT2D eigenvalue weighted by molar-refractivity contribution is 7.10. The normalized spacial score (nSPS) is 13.2. The van der Waals surface area contributed by atoms with Crippen molar-refractivity contribution in [3.8, 4) is 51.2 Å². The van der Waals surface area contributed by atoms with Crippen LogP contribution in [0.4, 0.5) is 32.0 Å². The molecule has 9 aromatic rings. The Labute approximate surface area is 526 Å². The number of aromatic nitrogens is 5. The van der Waals surface area contributed by atoms with E-state index in [1.807, 2.05) is 35.7 Å². The number of methoxy groups -OCH3 is 2. The number of benzene rings is 6. The van der Waals surface area contributed by atoms with Crippen LogP contribution in [-0.2, 0) is 52.9 Å². The van der Waals surface area contributed by atoms with Gasteiger partial charge in [-0.05, 0) is 139 Å². The van der Waals surface area contributed by atoms with Crippen LogP contribution in [0.3, 0.4) is 0 Å². The van der Waals surface area contributed by atoms with Gasteiger partial charge in [-0.2, -0.15) is 26.3 Å². The van der Waals surface area contributed by atoms with Gasteiger partial charge in [-0.25, -0.2) is 9.67 Å². The first-order valence-electron chi connectivity index (χ1n) is 28.2. The molecule has 90 heavy (non-hydrogen) atoms. The van der Waals surface area contributed by atoms with Crippen LogP contribution in [0, 0.1) is 0 Å². The molecule has 1 aliphatic heterocycles. The molecule has 0 aliphatic carbocycles. The maximum Gasteiger partial charge on any atom is 0.416 e. The lowest BCUT2D eigenvalue weighted by molar-refractivity contribution is -0.143. The molecule has 4 amide bonds. The van der Waals surface area contributed by atoms with E-state index in [1.165, 1.54) is 41.2 Å². The van der Waals surface area contributed by atoms with E-state index in [4.69, 9.17) is 42.4 Å². The molecule has 0 saturated carbocycles. The van der Waals surface area contributed by atoms with Crippen LogP contribution in [0.1, 0.15) is 62.1 Å². The van der Waals surface area contributed by atoms with E-state index < -0.39 is 58.7 Å². The zero-order chi connectivity index (χ0) is 63.7. The molecule has 6 aromatic carbocycles. The third kappa shape index (κ3) is 15.3. The minimum Gasteiger partial charge on any atom is -0.497 e. The number of carbonyl (C=O) groups excluding carboxylic acids is 4. The van der Waals surface area contributed by atoms with Crippen molar-refractivity contribution < 1.29 is 59.7 Å². The molecule has 2 N–H and O–H groups in total. The van der Waals surface area contributed by atoms with Crippen LogP contribution in [0.5, 0.6) is 17.2 Å². The second kappa shape index (κ2) is 28.1. The Morgan fingerprint density at radius 1 is 0.756 bits per heavy atom. The summed E-state index contributed by atoms with van der Waals surface area (Å²) >= 11 is 14.2. The number of nitrogens with zero attached hydrogens (tertiary/aromatic N) is 7. The Morgan fingerprint density at radius 3 is 2.01 bits per heavy atom. The zero-order valence-electron chi connectivity index (χ0n) is 48.2. The number of anilines is 1. The molecule has 3 aromatic heterocycles. The number of piperidine rings is 1. The predicted octanol–water partition coefficient (Wildman–Crippen LogP) is 13.0.